The molecule has 0 spiro atoms. The fourth-order valence-corrected chi connectivity index (χ4v) is 3.09. The Bertz CT molecular complexity index is 800. The number of aromatic amines is 1. The van der Waals surface area contributed by atoms with E-state index in [9.17, 15) is 9.90 Å². The van der Waals surface area contributed by atoms with Crippen LogP contribution < -0.4 is 19.9 Å². The number of aromatic nitrogens is 1. The molecule has 0 fully saturated rings. The number of methoxy groups -OCH3 is 3. The lowest BCUT2D eigenvalue weighted by Crippen LogP contribution is -2.08. The topological polar surface area (TPSA) is 116 Å². The van der Waals surface area contributed by atoms with Gasteiger partial charge < -0.3 is 34.8 Å². The molecule has 0 aliphatic heterocycles. The minimum atomic E-state index is -0.537. The highest BCUT2D eigenvalue weighted by Crippen LogP contribution is 2.46. The van der Waals surface area contributed by atoms with E-state index in [2.05, 4.69) is 4.98 Å². The SMILES string of the molecule is CCOC(=O)c1[nH]c(CCN)c(-c2ccc(OC)c(OC)c2OC)c1CO. The Kier molecular flexibility index (Phi) is 7.09. The van der Waals surface area contributed by atoms with Crippen LogP contribution in [0, 0.1) is 0 Å². The normalized spacial score (nSPS) is 10.6. The van der Waals surface area contributed by atoms with Crippen LogP contribution in [0.4, 0.5) is 0 Å². The van der Waals surface area contributed by atoms with Crippen molar-refractivity contribution < 1.29 is 28.8 Å². The number of benzene rings is 1. The van der Waals surface area contributed by atoms with Gasteiger partial charge in [0, 0.05) is 28.8 Å². The maximum Gasteiger partial charge on any atom is 0.355 e. The molecule has 0 amide bonds. The van der Waals surface area contributed by atoms with E-state index in [1.807, 2.05) is 0 Å². The van der Waals surface area contributed by atoms with E-state index in [0.29, 0.717) is 52.6 Å². The number of H-pyrrole nitrogens is 1. The van der Waals surface area contributed by atoms with Gasteiger partial charge in [-0.25, -0.2) is 4.79 Å². The molecule has 0 bridgehead atoms. The zero-order valence-electron chi connectivity index (χ0n) is 16.0. The molecule has 1 aromatic heterocycles. The number of rotatable bonds is 9. The van der Waals surface area contributed by atoms with Crippen LogP contribution in [0.5, 0.6) is 17.2 Å². The lowest BCUT2D eigenvalue weighted by atomic mass is 9.97. The fraction of sp³-hybridized carbons (Fsp3) is 0.421. The maximum absolute atomic E-state index is 12.3. The Morgan fingerprint density at radius 1 is 1.15 bits per heavy atom. The summed E-state index contributed by atoms with van der Waals surface area (Å²) in [5.74, 6) is 0.814. The molecule has 2 rings (SSSR count). The third-order valence-corrected chi connectivity index (χ3v) is 4.19. The van der Waals surface area contributed by atoms with Crippen molar-refractivity contribution in [3.63, 3.8) is 0 Å². The third kappa shape index (κ3) is 3.86. The van der Waals surface area contributed by atoms with Crippen LogP contribution in [0.1, 0.15) is 28.7 Å². The molecule has 0 radical (unpaired) electrons. The summed E-state index contributed by atoms with van der Waals surface area (Å²) in [4.78, 5) is 15.4. The number of hydrogen-bond donors (Lipinski definition) is 3. The van der Waals surface area contributed by atoms with Gasteiger partial charge in [-0.1, -0.05) is 0 Å². The van der Waals surface area contributed by atoms with Crippen molar-refractivity contribution in [2.45, 2.75) is 20.0 Å². The van der Waals surface area contributed by atoms with Crippen molar-refractivity contribution in [2.75, 3.05) is 34.5 Å². The Hall–Kier alpha value is -2.71. The van der Waals surface area contributed by atoms with Gasteiger partial charge in [0.15, 0.2) is 11.5 Å². The third-order valence-electron chi connectivity index (χ3n) is 4.19. The van der Waals surface area contributed by atoms with E-state index in [1.165, 1.54) is 21.3 Å². The molecule has 1 aromatic carbocycles. The van der Waals surface area contributed by atoms with E-state index < -0.39 is 5.97 Å². The first-order valence-electron chi connectivity index (χ1n) is 8.58. The summed E-state index contributed by atoms with van der Waals surface area (Å²) >= 11 is 0. The second-order valence-corrected chi connectivity index (χ2v) is 5.63. The minimum absolute atomic E-state index is 0.203. The lowest BCUT2D eigenvalue weighted by Gasteiger charge is -2.17. The van der Waals surface area contributed by atoms with Gasteiger partial charge in [0.05, 0.1) is 34.5 Å². The highest BCUT2D eigenvalue weighted by Gasteiger charge is 2.27. The highest BCUT2D eigenvalue weighted by atomic mass is 16.5. The monoisotopic (exact) mass is 378 g/mol. The Morgan fingerprint density at radius 3 is 2.37 bits per heavy atom. The summed E-state index contributed by atoms with van der Waals surface area (Å²) in [5, 5.41) is 9.99. The number of aliphatic hydroxyl groups is 1. The van der Waals surface area contributed by atoms with Crippen LogP contribution in [0.15, 0.2) is 12.1 Å². The molecule has 0 saturated heterocycles. The van der Waals surface area contributed by atoms with Gasteiger partial charge in [0.2, 0.25) is 5.75 Å². The van der Waals surface area contributed by atoms with Gasteiger partial charge in [-0.05, 0) is 25.6 Å². The molecule has 0 unspecified atom stereocenters. The first kappa shape index (κ1) is 20.6. The van der Waals surface area contributed by atoms with Gasteiger partial charge in [-0.15, -0.1) is 0 Å². The number of esters is 1. The van der Waals surface area contributed by atoms with Gasteiger partial charge in [0.1, 0.15) is 5.69 Å². The number of aliphatic hydroxyl groups excluding tert-OH is 1. The first-order chi connectivity index (χ1) is 13.1. The molecule has 0 aliphatic rings. The Labute approximate surface area is 158 Å². The van der Waals surface area contributed by atoms with Crippen LogP contribution in [0.3, 0.4) is 0 Å². The molecule has 148 valence electrons. The molecule has 1 heterocycles. The molecule has 0 atom stereocenters. The van der Waals surface area contributed by atoms with Crippen LogP contribution in [0.25, 0.3) is 11.1 Å². The average Bonchev–Trinajstić information content (AvgIpc) is 3.05. The second kappa shape index (κ2) is 9.29. The predicted octanol–water partition coefficient (Wildman–Crippen LogP) is 1.88. The smallest absolute Gasteiger partial charge is 0.355 e. The molecule has 2 aromatic rings. The molecule has 4 N–H and O–H groups in total. The largest absolute Gasteiger partial charge is 0.493 e. The zero-order chi connectivity index (χ0) is 20.0. The maximum atomic E-state index is 12.3. The summed E-state index contributed by atoms with van der Waals surface area (Å²) in [7, 11) is 4.56. The molecule has 8 heteroatoms. The summed E-state index contributed by atoms with van der Waals surface area (Å²) in [6, 6.07) is 3.53. The fourth-order valence-electron chi connectivity index (χ4n) is 3.09. The molecule has 0 aliphatic carbocycles. The van der Waals surface area contributed by atoms with Crippen molar-refractivity contribution in [3.8, 4) is 28.4 Å². The molecule has 0 saturated carbocycles. The summed E-state index contributed by atoms with van der Waals surface area (Å²) in [5.41, 5.74) is 8.36. The summed E-state index contributed by atoms with van der Waals surface area (Å²) in [6.45, 7) is 1.95. The number of hydrogen-bond acceptors (Lipinski definition) is 7. The van der Waals surface area contributed by atoms with Gasteiger partial charge >= 0.3 is 5.97 Å². The second-order valence-electron chi connectivity index (χ2n) is 5.63. The molecule has 8 nitrogen and oxygen atoms in total. The Morgan fingerprint density at radius 2 is 1.85 bits per heavy atom. The van der Waals surface area contributed by atoms with Crippen molar-refractivity contribution in [1.82, 2.24) is 4.98 Å². The van der Waals surface area contributed by atoms with Crippen LogP contribution in [0.2, 0.25) is 0 Å². The standard InChI is InChI=1S/C19H26N2O6/c1-5-27-19(23)16-12(10-22)15(13(21-16)8-9-20)11-6-7-14(24-2)18(26-4)17(11)25-3/h6-7,21-22H,5,8-10,20H2,1-4H3. The van der Waals surface area contributed by atoms with Crippen LogP contribution in [-0.4, -0.2) is 50.5 Å². The van der Waals surface area contributed by atoms with Gasteiger partial charge in [-0.3, -0.25) is 0 Å². The van der Waals surface area contributed by atoms with E-state index >= 15 is 0 Å². The number of ether oxygens (including phenoxy) is 4. The number of nitrogens with two attached hydrogens (primary N) is 1. The molecular weight excluding hydrogens is 352 g/mol. The van der Waals surface area contributed by atoms with E-state index in [1.54, 1.807) is 19.1 Å². The zero-order valence-corrected chi connectivity index (χ0v) is 16.0. The van der Waals surface area contributed by atoms with E-state index in [0.717, 1.165) is 0 Å². The summed E-state index contributed by atoms with van der Waals surface area (Å²) in [6.07, 6.45) is 0.471. The quantitative estimate of drug-likeness (QED) is 0.571. The number of carbonyl (C=O) groups excluding carboxylic acids is 1. The van der Waals surface area contributed by atoms with Crippen molar-refractivity contribution >= 4 is 5.97 Å². The number of nitrogens with one attached hydrogen (secondary N) is 1. The summed E-state index contributed by atoms with van der Waals surface area (Å²) < 4.78 is 21.4. The van der Waals surface area contributed by atoms with Gasteiger partial charge in [-0.2, -0.15) is 0 Å². The lowest BCUT2D eigenvalue weighted by molar-refractivity contribution is 0.0516. The van der Waals surface area contributed by atoms with Crippen LogP contribution >= 0.6 is 0 Å². The average molecular weight is 378 g/mol. The van der Waals surface area contributed by atoms with Crippen molar-refractivity contribution in [2.24, 2.45) is 5.73 Å². The molecular formula is C19H26N2O6. The van der Waals surface area contributed by atoms with Gasteiger partial charge in [0.25, 0.3) is 0 Å². The number of carbonyl (C=O) groups is 1. The minimum Gasteiger partial charge on any atom is -0.493 e. The van der Waals surface area contributed by atoms with Crippen LogP contribution in [-0.2, 0) is 17.8 Å². The first-order valence-corrected chi connectivity index (χ1v) is 8.58. The van der Waals surface area contributed by atoms with Crippen molar-refractivity contribution in [1.29, 1.82) is 0 Å². The van der Waals surface area contributed by atoms with Crippen molar-refractivity contribution in [3.05, 3.63) is 29.1 Å². The van der Waals surface area contributed by atoms with E-state index in [-0.39, 0.29) is 18.9 Å². The highest BCUT2D eigenvalue weighted by molar-refractivity contribution is 5.94. The Balaban J connectivity index is 2.79. The predicted molar refractivity (Wildman–Crippen MR) is 101 cm³/mol. The molecule has 27 heavy (non-hydrogen) atoms. The van der Waals surface area contributed by atoms with E-state index in [4.69, 9.17) is 24.7 Å².